The number of rotatable bonds is 4. The van der Waals surface area contributed by atoms with Gasteiger partial charge in [0.25, 0.3) is 0 Å². The predicted molar refractivity (Wildman–Crippen MR) is 51.4 cm³/mol. The Kier molecular flexibility index (Phi) is 15.6. The summed E-state index contributed by atoms with van der Waals surface area (Å²) in [4.78, 5) is 9.74. The first-order valence-corrected chi connectivity index (χ1v) is 4.25. The molecule has 0 heterocycles. The van der Waals surface area contributed by atoms with Crippen molar-refractivity contribution in [2.24, 2.45) is 11.5 Å². The lowest BCUT2D eigenvalue weighted by Crippen LogP contribution is -2.02. The van der Waals surface area contributed by atoms with E-state index in [0.29, 0.717) is 0 Å². The number of ether oxygens (including phenoxy) is 2. The summed E-state index contributed by atoms with van der Waals surface area (Å²) in [6.45, 7) is 1.61. The Balaban J connectivity index is 0. The van der Waals surface area contributed by atoms with Crippen molar-refractivity contribution in [3.05, 3.63) is 0 Å². The van der Waals surface area contributed by atoms with Gasteiger partial charge in [-0.25, -0.2) is 4.79 Å². The van der Waals surface area contributed by atoms with Gasteiger partial charge >= 0.3 is 6.16 Å². The van der Waals surface area contributed by atoms with Crippen LogP contribution in [0.15, 0.2) is 0 Å². The molecule has 13 heavy (non-hydrogen) atoms. The van der Waals surface area contributed by atoms with Gasteiger partial charge < -0.3 is 20.9 Å². The highest BCUT2D eigenvalue weighted by Crippen LogP contribution is 1.88. The first kappa shape index (κ1) is 14.7. The van der Waals surface area contributed by atoms with Gasteiger partial charge in [0.15, 0.2) is 0 Å². The Morgan fingerprint density at radius 2 is 1.38 bits per heavy atom. The topological polar surface area (TPSA) is 87.6 Å². The van der Waals surface area contributed by atoms with Gasteiger partial charge in [0.2, 0.25) is 0 Å². The third-order valence-electron chi connectivity index (χ3n) is 1.24. The lowest BCUT2D eigenvalue weighted by Gasteiger charge is -1.91. The van der Waals surface area contributed by atoms with E-state index < -0.39 is 6.16 Å². The summed E-state index contributed by atoms with van der Waals surface area (Å²) in [6.07, 6.45) is 2.77. The summed E-state index contributed by atoms with van der Waals surface area (Å²) >= 11 is 0. The molecule has 0 bridgehead atoms. The zero-order chi connectivity index (χ0) is 10.5. The molecule has 5 nitrogen and oxygen atoms in total. The maximum absolute atomic E-state index is 9.74. The molecule has 80 valence electrons. The Bertz CT molecular complexity index is 99.6. The van der Waals surface area contributed by atoms with E-state index in [1.165, 1.54) is 20.6 Å². The molecule has 0 fully saturated rings. The zero-order valence-electron chi connectivity index (χ0n) is 8.41. The molecule has 0 aliphatic rings. The molecule has 0 saturated heterocycles. The fraction of sp³-hybridized carbons (Fsp3) is 0.875. The van der Waals surface area contributed by atoms with Crippen molar-refractivity contribution < 1.29 is 14.3 Å². The predicted octanol–water partition coefficient (Wildman–Crippen LogP) is 0.473. The van der Waals surface area contributed by atoms with Crippen LogP contribution in [0, 0.1) is 0 Å². The number of unbranched alkanes of at least 4 members (excludes halogenated alkanes) is 2. The number of nitrogens with two attached hydrogens (primary N) is 2. The Labute approximate surface area is 79.4 Å². The molecule has 0 radical (unpaired) electrons. The average molecular weight is 192 g/mol. The molecule has 0 aliphatic carbocycles. The third kappa shape index (κ3) is 18.3. The summed E-state index contributed by atoms with van der Waals surface area (Å²) in [5.74, 6) is 0. The standard InChI is InChI=1S/C5H14N2.C3H6O3/c6-4-2-1-3-5-7;1-5-3(4)6-2/h1-7H2;1-2H3. The zero-order valence-corrected chi connectivity index (χ0v) is 8.41. The Morgan fingerprint density at radius 3 is 1.54 bits per heavy atom. The molecule has 0 rings (SSSR count). The van der Waals surface area contributed by atoms with Gasteiger partial charge in [-0.3, -0.25) is 0 Å². The van der Waals surface area contributed by atoms with Crippen molar-refractivity contribution in [3.63, 3.8) is 0 Å². The monoisotopic (exact) mass is 192 g/mol. The van der Waals surface area contributed by atoms with E-state index in [-0.39, 0.29) is 0 Å². The number of carbonyl (C=O) groups excluding carboxylic acids is 1. The van der Waals surface area contributed by atoms with Gasteiger partial charge in [-0.05, 0) is 25.9 Å². The first-order chi connectivity index (χ1) is 6.22. The molecule has 0 aromatic rings. The van der Waals surface area contributed by atoms with E-state index >= 15 is 0 Å². The van der Waals surface area contributed by atoms with Crippen LogP contribution >= 0.6 is 0 Å². The molecule has 0 spiro atoms. The van der Waals surface area contributed by atoms with Crippen molar-refractivity contribution in [1.29, 1.82) is 0 Å². The van der Waals surface area contributed by atoms with Crippen LogP contribution in [0.1, 0.15) is 19.3 Å². The lowest BCUT2D eigenvalue weighted by molar-refractivity contribution is 0.0924. The molecular formula is C8H20N2O3. The highest BCUT2D eigenvalue weighted by atomic mass is 16.7. The fourth-order valence-corrected chi connectivity index (χ4v) is 0.549. The maximum Gasteiger partial charge on any atom is 0.507 e. The molecule has 0 aliphatic heterocycles. The molecule has 0 amide bonds. The largest absolute Gasteiger partial charge is 0.507 e. The molecule has 0 saturated carbocycles. The average Bonchev–Trinajstić information content (AvgIpc) is 2.18. The quantitative estimate of drug-likeness (QED) is 0.499. The van der Waals surface area contributed by atoms with E-state index in [0.717, 1.165) is 25.9 Å². The minimum Gasteiger partial charge on any atom is -0.438 e. The molecule has 5 heteroatoms. The highest BCUT2D eigenvalue weighted by molar-refractivity contribution is 5.59. The molecular weight excluding hydrogens is 172 g/mol. The van der Waals surface area contributed by atoms with Gasteiger partial charge in [0.05, 0.1) is 14.2 Å². The van der Waals surface area contributed by atoms with E-state index in [1.54, 1.807) is 0 Å². The minimum absolute atomic E-state index is 0.657. The Hall–Kier alpha value is -0.810. The van der Waals surface area contributed by atoms with Gasteiger partial charge in [0, 0.05) is 0 Å². The van der Waals surface area contributed by atoms with Crippen LogP contribution in [0.3, 0.4) is 0 Å². The maximum atomic E-state index is 9.74. The highest BCUT2D eigenvalue weighted by Gasteiger charge is 1.88. The fourth-order valence-electron chi connectivity index (χ4n) is 0.549. The van der Waals surface area contributed by atoms with Crippen LogP contribution < -0.4 is 11.5 Å². The number of hydrogen-bond donors (Lipinski definition) is 2. The van der Waals surface area contributed by atoms with E-state index in [4.69, 9.17) is 11.5 Å². The van der Waals surface area contributed by atoms with Crippen LogP contribution in [0.25, 0.3) is 0 Å². The van der Waals surface area contributed by atoms with Crippen molar-refractivity contribution in [3.8, 4) is 0 Å². The van der Waals surface area contributed by atoms with Crippen LogP contribution in [0.4, 0.5) is 4.79 Å². The first-order valence-electron chi connectivity index (χ1n) is 4.25. The van der Waals surface area contributed by atoms with Crippen molar-refractivity contribution in [2.45, 2.75) is 19.3 Å². The second-order valence-electron chi connectivity index (χ2n) is 2.30. The summed E-state index contributed by atoms with van der Waals surface area (Å²) in [6, 6.07) is 0. The van der Waals surface area contributed by atoms with Gasteiger partial charge in [-0.15, -0.1) is 0 Å². The second-order valence-corrected chi connectivity index (χ2v) is 2.30. The normalized spacial score (nSPS) is 8.31. The van der Waals surface area contributed by atoms with Crippen LogP contribution in [-0.2, 0) is 9.47 Å². The second kappa shape index (κ2) is 13.8. The summed E-state index contributed by atoms with van der Waals surface area (Å²) in [5.41, 5.74) is 10.5. The number of methoxy groups -OCH3 is 2. The van der Waals surface area contributed by atoms with E-state index in [2.05, 4.69) is 9.47 Å². The number of carbonyl (C=O) groups is 1. The van der Waals surface area contributed by atoms with Crippen LogP contribution in [-0.4, -0.2) is 33.5 Å². The van der Waals surface area contributed by atoms with Gasteiger partial charge in [0.1, 0.15) is 0 Å². The minimum atomic E-state index is -0.657. The smallest absolute Gasteiger partial charge is 0.438 e. The Morgan fingerprint density at radius 1 is 1.00 bits per heavy atom. The summed E-state index contributed by atoms with van der Waals surface area (Å²) in [7, 11) is 2.51. The molecule has 0 unspecified atom stereocenters. The van der Waals surface area contributed by atoms with Gasteiger partial charge in [-0.1, -0.05) is 6.42 Å². The summed E-state index contributed by atoms with van der Waals surface area (Å²) < 4.78 is 8.08. The van der Waals surface area contributed by atoms with Crippen LogP contribution in [0.2, 0.25) is 0 Å². The molecule has 4 N–H and O–H groups in total. The SMILES string of the molecule is COC(=O)OC.NCCCCCN. The van der Waals surface area contributed by atoms with Crippen molar-refractivity contribution >= 4 is 6.16 Å². The van der Waals surface area contributed by atoms with Gasteiger partial charge in [-0.2, -0.15) is 0 Å². The number of hydrogen-bond acceptors (Lipinski definition) is 5. The van der Waals surface area contributed by atoms with E-state index in [9.17, 15) is 4.79 Å². The van der Waals surface area contributed by atoms with E-state index in [1.807, 2.05) is 0 Å². The molecule has 0 aromatic heterocycles. The molecule has 0 aromatic carbocycles. The van der Waals surface area contributed by atoms with Crippen molar-refractivity contribution in [2.75, 3.05) is 27.3 Å². The molecule has 0 atom stereocenters. The van der Waals surface area contributed by atoms with Crippen LogP contribution in [0.5, 0.6) is 0 Å². The van der Waals surface area contributed by atoms with Crippen molar-refractivity contribution in [1.82, 2.24) is 0 Å². The lowest BCUT2D eigenvalue weighted by atomic mass is 10.2. The summed E-state index contributed by atoms with van der Waals surface area (Å²) in [5, 5.41) is 0. The third-order valence-corrected chi connectivity index (χ3v) is 1.24.